The molecule has 0 amide bonds. The predicted octanol–water partition coefficient (Wildman–Crippen LogP) is 2.99. The summed E-state index contributed by atoms with van der Waals surface area (Å²) in [6.45, 7) is 1.09. The molecule has 0 unspecified atom stereocenters. The zero-order valence-electron chi connectivity index (χ0n) is 9.16. The number of hydrogen-bond acceptors (Lipinski definition) is 1. The van der Waals surface area contributed by atoms with Crippen LogP contribution in [-0.4, -0.2) is 13.6 Å². The summed E-state index contributed by atoms with van der Waals surface area (Å²) in [5, 5.41) is 5.85. The lowest BCUT2D eigenvalue weighted by atomic mass is 10.0. The standard InChI is InChI=1S/C14H17N/c1-15-10-4-5-12-8-9-13-6-2-3-7-14(13)11-12/h2-3,6-9,11,15H,4-5,10H2,1H3. The van der Waals surface area contributed by atoms with Crippen molar-refractivity contribution in [2.24, 2.45) is 0 Å². The molecular formula is C14H17N. The van der Waals surface area contributed by atoms with Gasteiger partial charge >= 0.3 is 0 Å². The van der Waals surface area contributed by atoms with Crippen LogP contribution in [0.1, 0.15) is 12.0 Å². The van der Waals surface area contributed by atoms with E-state index in [1.807, 2.05) is 7.05 Å². The van der Waals surface area contributed by atoms with E-state index >= 15 is 0 Å². The van der Waals surface area contributed by atoms with Gasteiger partial charge in [0.05, 0.1) is 0 Å². The Labute approximate surface area is 91.1 Å². The quantitative estimate of drug-likeness (QED) is 0.746. The van der Waals surface area contributed by atoms with E-state index in [0.29, 0.717) is 0 Å². The lowest BCUT2D eigenvalue weighted by Crippen LogP contribution is -2.08. The summed E-state index contributed by atoms with van der Waals surface area (Å²) in [6.07, 6.45) is 2.36. The van der Waals surface area contributed by atoms with Crippen LogP contribution >= 0.6 is 0 Å². The fraction of sp³-hybridized carbons (Fsp3) is 0.286. The van der Waals surface area contributed by atoms with Crippen LogP contribution in [0.15, 0.2) is 42.5 Å². The smallest absolute Gasteiger partial charge is 0.00488 e. The van der Waals surface area contributed by atoms with Gasteiger partial charge in [-0.2, -0.15) is 0 Å². The zero-order valence-corrected chi connectivity index (χ0v) is 9.16. The van der Waals surface area contributed by atoms with Crippen LogP contribution in [0.4, 0.5) is 0 Å². The molecule has 0 atom stereocenters. The molecule has 78 valence electrons. The van der Waals surface area contributed by atoms with Gasteiger partial charge in [0.2, 0.25) is 0 Å². The number of hydrogen-bond donors (Lipinski definition) is 1. The van der Waals surface area contributed by atoms with Crippen LogP contribution in [0.25, 0.3) is 10.8 Å². The van der Waals surface area contributed by atoms with Crippen LogP contribution in [0.2, 0.25) is 0 Å². The third-order valence-corrected chi connectivity index (χ3v) is 2.71. The van der Waals surface area contributed by atoms with Gasteiger partial charge < -0.3 is 5.32 Å². The van der Waals surface area contributed by atoms with Crippen molar-refractivity contribution >= 4 is 10.8 Å². The average Bonchev–Trinajstić information content (AvgIpc) is 2.29. The summed E-state index contributed by atoms with van der Waals surface area (Å²) in [5.74, 6) is 0. The Bertz CT molecular complexity index is 434. The van der Waals surface area contributed by atoms with Crippen molar-refractivity contribution in [1.82, 2.24) is 5.32 Å². The van der Waals surface area contributed by atoms with Gasteiger partial charge in [0.15, 0.2) is 0 Å². The molecule has 0 spiro atoms. The van der Waals surface area contributed by atoms with Crippen molar-refractivity contribution in [3.8, 4) is 0 Å². The topological polar surface area (TPSA) is 12.0 Å². The Morgan fingerprint density at radius 1 is 1.00 bits per heavy atom. The summed E-state index contributed by atoms with van der Waals surface area (Å²) in [6, 6.07) is 15.3. The molecule has 0 radical (unpaired) electrons. The highest BCUT2D eigenvalue weighted by molar-refractivity contribution is 5.82. The van der Waals surface area contributed by atoms with Crippen LogP contribution < -0.4 is 5.32 Å². The van der Waals surface area contributed by atoms with Crippen LogP contribution in [0.5, 0.6) is 0 Å². The van der Waals surface area contributed by atoms with E-state index in [1.165, 1.54) is 22.8 Å². The molecule has 0 aliphatic heterocycles. The number of rotatable bonds is 4. The largest absolute Gasteiger partial charge is 0.320 e. The highest BCUT2D eigenvalue weighted by Crippen LogP contribution is 2.16. The van der Waals surface area contributed by atoms with Gasteiger partial charge in [0.1, 0.15) is 0 Å². The number of aryl methyl sites for hydroxylation is 1. The summed E-state index contributed by atoms with van der Waals surface area (Å²) in [7, 11) is 2.00. The van der Waals surface area contributed by atoms with Gasteiger partial charge in [0.25, 0.3) is 0 Å². The van der Waals surface area contributed by atoms with Gasteiger partial charge in [-0.05, 0) is 42.8 Å². The molecule has 0 aromatic heterocycles. The molecule has 0 aliphatic carbocycles. The molecule has 0 bridgehead atoms. The maximum absolute atomic E-state index is 3.18. The molecule has 1 heteroatoms. The minimum atomic E-state index is 1.09. The number of benzene rings is 2. The highest BCUT2D eigenvalue weighted by Gasteiger charge is 1.95. The molecule has 15 heavy (non-hydrogen) atoms. The first-order valence-electron chi connectivity index (χ1n) is 5.52. The molecule has 0 aliphatic rings. The monoisotopic (exact) mass is 199 g/mol. The minimum absolute atomic E-state index is 1.09. The third kappa shape index (κ3) is 2.57. The van der Waals surface area contributed by atoms with E-state index in [0.717, 1.165) is 13.0 Å². The Hall–Kier alpha value is -1.34. The SMILES string of the molecule is CNCCCc1ccc2ccccc2c1. The first-order chi connectivity index (χ1) is 7.40. The summed E-state index contributed by atoms with van der Waals surface area (Å²) in [4.78, 5) is 0. The van der Waals surface area contributed by atoms with Gasteiger partial charge in [-0.1, -0.05) is 42.5 Å². The molecule has 2 rings (SSSR count). The Morgan fingerprint density at radius 3 is 2.60 bits per heavy atom. The normalized spacial score (nSPS) is 10.7. The van der Waals surface area contributed by atoms with E-state index in [1.54, 1.807) is 0 Å². The molecule has 2 aromatic carbocycles. The van der Waals surface area contributed by atoms with Crippen molar-refractivity contribution in [1.29, 1.82) is 0 Å². The maximum atomic E-state index is 3.18. The molecule has 2 aromatic rings. The van der Waals surface area contributed by atoms with Crippen LogP contribution in [0.3, 0.4) is 0 Å². The lowest BCUT2D eigenvalue weighted by Gasteiger charge is -2.03. The molecule has 0 fully saturated rings. The minimum Gasteiger partial charge on any atom is -0.320 e. The Morgan fingerprint density at radius 2 is 1.80 bits per heavy atom. The Kier molecular flexibility index (Phi) is 3.36. The van der Waals surface area contributed by atoms with Crippen molar-refractivity contribution in [3.05, 3.63) is 48.0 Å². The van der Waals surface area contributed by atoms with Crippen molar-refractivity contribution in [3.63, 3.8) is 0 Å². The first-order valence-corrected chi connectivity index (χ1v) is 5.52. The number of fused-ring (bicyclic) bond motifs is 1. The molecule has 0 saturated carbocycles. The van der Waals surface area contributed by atoms with E-state index in [-0.39, 0.29) is 0 Å². The van der Waals surface area contributed by atoms with Crippen molar-refractivity contribution < 1.29 is 0 Å². The Balaban J connectivity index is 2.16. The second-order valence-corrected chi connectivity index (χ2v) is 3.89. The van der Waals surface area contributed by atoms with Crippen LogP contribution in [0, 0.1) is 0 Å². The van der Waals surface area contributed by atoms with E-state index in [9.17, 15) is 0 Å². The fourth-order valence-electron chi connectivity index (χ4n) is 1.86. The molecule has 0 heterocycles. The molecule has 0 saturated heterocycles. The van der Waals surface area contributed by atoms with Gasteiger partial charge in [-0.15, -0.1) is 0 Å². The molecule has 1 nitrogen and oxygen atoms in total. The van der Waals surface area contributed by atoms with E-state index < -0.39 is 0 Å². The van der Waals surface area contributed by atoms with Crippen molar-refractivity contribution in [2.75, 3.05) is 13.6 Å². The summed E-state index contributed by atoms with van der Waals surface area (Å²) < 4.78 is 0. The third-order valence-electron chi connectivity index (χ3n) is 2.71. The van der Waals surface area contributed by atoms with Gasteiger partial charge in [0, 0.05) is 0 Å². The molecule has 1 N–H and O–H groups in total. The first kappa shape index (κ1) is 10.2. The van der Waals surface area contributed by atoms with Crippen molar-refractivity contribution in [2.45, 2.75) is 12.8 Å². The number of nitrogens with one attached hydrogen (secondary N) is 1. The van der Waals surface area contributed by atoms with Gasteiger partial charge in [-0.25, -0.2) is 0 Å². The second-order valence-electron chi connectivity index (χ2n) is 3.89. The maximum Gasteiger partial charge on any atom is -0.00488 e. The lowest BCUT2D eigenvalue weighted by molar-refractivity contribution is 0.725. The highest BCUT2D eigenvalue weighted by atomic mass is 14.8. The summed E-state index contributed by atoms with van der Waals surface area (Å²) in [5.41, 5.74) is 1.43. The van der Waals surface area contributed by atoms with Gasteiger partial charge in [-0.3, -0.25) is 0 Å². The van der Waals surface area contributed by atoms with E-state index in [2.05, 4.69) is 47.8 Å². The molecular weight excluding hydrogens is 182 g/mol. The summed E-state index contributed by atoms with van der Waals surface area (Å²) >= 11 is 0. The predicted molar refractivity (Wildman–Crippen MR) is 66.2 cm³/mol. The fourth-order valence-corrected chi connectivity index (χ4v) is 1.86. The second kappa shape index (κ2) is 4.94. The van der Waals surface area contributed by atoms with E-state index in [4.69, 9.17) is 0 Å². The zero-order chi connectivity index (χ0) is 10.5. The average molecular weight is 199 g/mol. The van der Waals surface area contributed by atoms with Crippen LogP contribution in [-0.2, 0) is 6.42 Å².